The molecule has 1 aromatic heterocycles. The number of halogens is 1. The second-order valence-electron chi connectivity index (χ2n) is 6.77. The van der Waals surface area contributed by atoms with E-state index >= 15 is 0 Å². The van der Waals surface area contributed by atoms with Crippen molar-refractivity contribution in [1.29, 1.82) is 0 Å². The number of nitrogens with one attached hydrogen (secondary N) is 1. The van der Waals surface area contributed by atoms with Gasteiger partial charge in [-0.15, -0.1) is 10.2 Å². The molecule has 26 heavy (non-hydrogen) atoms. The van der Waals surface area contributed by atoms with E-state index in [1.807, 2.05) is 42.5 Å². The molecule has 0 amide bonds. The standard InChI is InChI=1S/C21H22ClN3O/c22-18-14-8-7-13-17(18)20-24-25-21(26-20)19(15-9-3-1-4-10-15)23-16-11-5-2-6-12-16/h1,3-4,7-10,13-14,16,19,23H,2,5-6,11-12H2/t19-/m0/s1. The van der Waals surface area contributed by atoms with Gasteiger partial charge in [0.1, 0.15) is 6.04 Å². The first kappa shape index (κ1) is 17.3. The number of rotatable bonds is 5. The van der Waals surface area contributed by atoms with Gasteiger partial charge in [-0.1, -0.05) is 73.3 Å². The first-order valence-corrected chi connectivity index (χ1v) is 9.58. The molecule has 1 fully saturated rings. The van der Waals surface area contributed by atoms with Crippen LogP contribution in [0.2, 0.25) is 5.02 Å². The molecule has 0 spiro atoms. The molecule has 1 atom stereocenters. The van der Waals surface area contributed by atoms with Crippen LogP contribution in [0.5, 0.6) is 0 Å². The van der Waals surface area contributed by atoms with E-state index in [0.29, 0.717) is 22.8 Å². The van der Waals surface area contributed by atoms with Crippen LogP contribution in [-0.2, 0) is 0 Å². The maximum Gasteiger partial charge on any atom is 0.249 e. The molecule has 0 saturated heterocycles. The summed E-state index contributed by atoms with van der Waals surface area (Å²) in [5.74, 6) is 1.04. The van der Waals surface area contributed by atoms with Crippen LogP contribution in [0.3, 0.4) is 0 Å². The van der Waals surface area contributed by atoms with E-state index < -0.39 is 0 Å². The molecule has 1 N–H and O–H groups in total. The molecule has 1 aliphatic carbocycles. The zero-order valence-electron chi connectivity index (χ0n) is 14.6. The monoisotopic (exact) mass is 367 g/mol. The molecular formula is C21H22ClN3O. The highest BCUT2D eigenvalue weighted by atomic mass is 35.5. The zero-order chi connectivity index (χ0) is 17.8. The van der Waals surface area contributed by atoms with Crippen molar-refractivity contribution in [3.05, 3.63) is 71.1 Å². The lowest BCUT2D eigenvalue weighted by atomic mass is 9.94. The third-order valence-electron chi connectivity index (χ3n) is 4.93. The van der Waals surface area contributed by atoms with Gasteiger partial charge in [0.25, 0.3) is 0 Å². The molecule has 1 saturated carbocycles. The SMILES string of the molecule is Clc1ccccc1-c1nnc([C@@H](NC2CCCCC2)c2ccccc2)o1. The van der Waals surface area contributed by atoms with E-state index in [0.717, 1.165) is 11.1 Å². The minimum Gasteiger partial charge on any atom is -0.419 e. The van der Waals surface area contributed by atoms with Crippen molar-refractivity contribution < 1.29 is 4.42 Å². The molecule has 3 aromatic rings. The highest BCUT2D eigenvalue weighted by Gasteiger charge is 2.25. The summed E-state index contributed by atoms with van der Waals surface area (Å²) in [5, 5.41) is 12.9. The Kier molecular flexibility index (Phi) is 5.32. The van der Waals surface area contributed by atoms with Crippen LogP contribution in [0.1, 0.15) is 49.6 Å². The molecule has 0 bridgehead atoms. The van der Waals surface area contributed by atoms with Crippen LogP contribution < -0.4 is 5.32 Å². The van der Waals surface area contributed by atoms with Gasteiger partial charge in [-0.2, -0.15) is 0 Å². The summed E-state index contributed by atoms with van der Waals surface area (Å²) in [7, 11) is 0. The summed E-state index contributed by atoms with van der Waals surface area (Å²) in [6.45, 7) is 0. The van der Waals surface area contributed by atoms with E-state index in [9.17, 15) is 0 Å². The first-order valence-electron chi connectivity index (χ1n) is 9.20. The number of hydrogen-bond donors (Lipinski definition) is 1. The molecule has 0 aliphatic heterocycles. The Hall–Kier alpha value is -2.17. The number of aromatic nitrogens is 2. The van der Waals surface area contributed by atoms with E-state index in [4.69, 9.17) is 16.0 Å². The van der Waals surface area contributed by atoms with Crippen LogP contribution >= 0.6 is 11.6 Å². The van der Waals surface area contributed by atoms with Gasteiger partial charge in [-0.3, -0.25) is 5.32 Å². The van der Waals surface area contributed by atoms with Gasteiger partial charge in [0.2, 0.25) is 11.8 Å². The van der Waals surface area contributed by atoms with Crippen LogP contribution in [0.15, 0.2) is 59.0 Å². The summed E-state index contributed by atoms with van der Waals surface area (Å²) < 4.78 is 6.04. The second-order valence-corrected chi connectivity index (χ2v) is 7.18. The van der Waals surface area contributed by atoms with E-state index in [1.54, 1.807) is 0 Å². The summed E-state index contributed by atoms with van der Waals surface area (Å²) in [6.07, 6.45) is 6.25. The second kappa shape index (κ2) is 8.02. The van der Waals surface area contributed by atoms with Gasteiger partial charge in [-0.05, 0) is 30.5 Å². The summed E-state index contributed by atoms with van der Waals surface area (Å²) >= 11 is 6.28. The van der Waals surface area contributed by atoms with E-state index in [-0.39, 0.29) is 6.04 Å². The summed E-state index contributed by atoms with van der Waals surface area (Å²) in [5.41, 5.74) is 1.89. The minimum absolute atomic E-state index is 0.108. The van der Waals surface area contributed by atoms with Gasteiger partial charge in [-0.25, -0.2) is 0 Å². The largest absolute Gasteiger partial charge is 0.419 e. The molecule has 0 radical (unpaired) electrons. The Balaban J connectivity index is 1.64. The summed E-state index contributed by atoms with van der Waals surface area (Å²) in [4.78, 5) is 0. The Labute approximate surface area is 158 Å². The molecular weight excluding hydrogens is 346 g/mol. The molecule has 5 heteroatoms. The Morgan fingerprint density at radius 2 is 1.65 bits per heavy atom. The van der Waals surface area contributed by atoms with Crippen molar-refractivity contribution in [3.8, 4) is 11.5 Å². The van der Waals surface area contributed by atoms with Crippen LogP contribution in [-0.4, -0.2) is 16.2 Å². The fraction of sp³-hybridized carbons (Fsp3) is 0.333. The zero-order valence-corrected chi connectivity index (χ0v) is 15.3. The summed E-state index contributed by atoms with van der Waals surface area (Å²) in [6, 6.07) is 18.2. The Bertz CT molecular complexity index is 843. The lowest BCUT2D eigenvalue weighted by Gasteiger charge is -2.27. The van der Waals surface area contributed by atoms with Crippen molar-refractivity contribution in [2.45, 2.75) is 44.2 Å². The van der Waals surface area contributed by atoms with Gasteiger partial charge < -0.3 is 4.42 Å². The topological polar surface area (TPSA) is 51.0 Å². The number of hydrogen-bond acceptors (Lipinski definition) is 4. The van der Waals surface area contributed by atoms with E-state index in [1.165, 1.54) is 32.1 Å². The van der Waals surface area contributed by atoms with Crippen molar-refractivity contribution >= 4 is 11.6 Å². The normalized spacial score (nSPS) is 16.5. The minimum atomic E-state index is -0.108. The number of benzene rings is 2. The molecule has 1 heterocycles. The average Bonchev–Trinajstić information content (AvgIpc) is 3.17. The van der Waals surface area contributed by atoms with Gasteiger partial charge in [0, 0.05) is 6.04 Å². The maximum atomic E-state index is 6.28. The fourth-order valence-corrected chi connectivity index (χ4v) is 3.77. The van der Waals surface area contributed by atoms with Gasteiger partial charge in [0.15, 0.2) is 0 Å². The third kappa shape index (κ3) is 3.81. The van der Waals surface area contributed by atoms with Crippen molar-refractivity contribution in [2.24, 2.45) is 0 Å². The molecule has 4 rings (SSSR count). The lowest BCUT2D eigenvalue weighted by Crippen LogP contribution is -2.35. The Morgan fingerprint density at radius 1 is 0.923 bits per heavy atom. The molecule has 2 aromatic carbocycles. The quantitative estimate of drug-likeness (QED) is 0.655. The average molecular weight is 368 g/mol. The number of nitrogens with zero attached hydrogens (tertiary/aromatic N) is 2. The molecule has 1 aliphatic rings. The smallest absolute Gasteiger partial charge is 0.249 e. The highest BCUT2D eigenvalue weighted by molar-refractivity contribution is 6.33. The van der Waals surface area contributed by atoms with Crippen molar-refractivity contribution in [1.82, 2.24) is 15.5 Å². The lowest BCUT2D eigenvalue weighted by molar-refractivity contribution is 0.329. The van der Waals surface area contributed by atoms with Gasteiger partial charge >= 0.3 is 0 Å². The first-order chi connectivity index (χ1) is 12.8. The van der Waals surface area contributed by atoms with Gasteiger partial charge in [0.05, 0.1) is 10.6 Å². The molecule has 0 unspecified atom stereocenters. The van der Waals surface area contributed by atoms with E-state index in [2.05, 4.69) is 27.6 Å². The van der Waals surface area contributed by atoms with Crippen LogP contribution in [0.4, 0.5) is 0 Å². The van der Waals surface area contributed by atoms with Crippen molar-refractivity contribution in [2.75, 3.05) is 0 Å². The van der Waals surface area contributed by atoms with Crippen LogP contribution in [0, 0.1) is 0 Å². The Morgan fingerprint density at radius 3 is 2.42 bits per heavy atom. The highest BCUT2D eigenvalue weighted by Crippen LogP contribution is 2.30. The molecule has 134 valence electrons. The fourth-order valence-electron chi connectivity index (χ4n) is 3.56. The predicted octanol–water partition coefficient (Wildman–Crippen LogP) is 5.40. The van der Waals surface area contributed by atoms with Crippen LogP contribution in [0.25, 0.3) is 11.5 Å². The predicted molar refractivity (Wildman–Crippen MR) is 103 cm³/mol. The molecule has 4 nitrogen and oxygen atoms in total. The van der Waals surface area contributed by atoms with Crippen molar-refractivity contribution in [3.63, 3.8) is 0 Å². The maximum absolute atomic E-state index is 6.28. The third-order valence-corrected chi connectivity index (χ3v) is 5.26.